The van der Waals surface area contributed by atoms with E-state index in [1.54, 1.807) is 0 Å². The zero-order valence-corrected chi connectivity index (χ0v) is 19.3. The molecule has 0 fully saturated rings. The average molecular weight is 441 g/mol. The second-order valence-electron chi connectivity index (χ2n) is 7.73. The molecule has 1 N–H and O–H groups in total. The minimum Gasteiger partial charge on any atom is -0.329 e. The number of benzene rings is 2. The van der Waals surface area contributed by atoms with Gasteiger partial charge in [-0.3, -0.25) is 19.7 Å². The van der Waals surface area contributed by atoms with Crippen molar-refractivity contribution in [2.75, 3.05) is 38.0 Å². The van der Waals surface area contributed by atoms with Crippen LogP contribution in [0.25, 0.3) is 0 Å². The number of aryl methyl sites for hydroxylation is 2. The van der Waals surface area contributed by atoms with Crippen LogP contribution in [0.2, 0.25) is 0 Å². The summed E-state index contributed by atoms with van der Waals surface area (Å²) in [6.45, 7) is 11.0. The minimum absolute atomic E-state index is 0.0811. The van der Waals surface area contributed by atoms with E-state index in [2.05, 4.69) is 24.1 Å². The van der Waals surface area contributed by atoms with Gasteiger partial charge in [0.2, 0.25) is 5.91 Å². The molecule has 172 valence electrons. The van der Waals surface area contributed by atoms with Crippen LogP contribution in [0.1, 0.15) is 41.8 Å². The van der Waals surface area contributed by atoms with E-state index in [9.17, 15) is 19.7 Å². The Morgan fingerprint density at radius 1 is 0.969 bits per heavy atom. The monoisotopic (exact) mass is 440 g/mol. The Balaban J connectivity index is 2.16. The lowest BCUT2D eigenvalue weighted by atomic mass is 10.1. The Morgan fingerprint density at radius 2 is 1.56 bits per heavy atom. The topological polar surface area (TPSA) is 95.8 Å². The molecule has 0 bridgehead atoms. The lowest BCUT2D eigenvalue weighted by molar-refractivity contribution is -0.384. The Bertz CT molecular complexity index is 919. The smallest absolute Gasteiger partial charge is 0.269 e. The van der Waals surface area contributed by atoms with Crippen molar-refractivity contribution in [2.45, 2.75) is 34.1 Å². The van der Waals surface area contributed by atoms with Gasteiger partial charge in [-0.15, -0.1) is 0 Å². The number of nitro benzene ring substituents is 1. The first-order chi connectivity index (χ1) is 15.3. The van der Waals surface area contributed by atoms with Gasteiger partial charge >= 0.3 is 0 Å². The van der Waals surface area contributed by atoms with Crippen LogP contribution in [-0.2, 0) is 4.79 Å². The van der Waals surface area contributed by atoms with Gasteiger partial charge in [-0.1, -0.05) is 32.0 Å². The van der Waals surface area contributed by atoms with E-state index in [0.29, 0.717) is 12.1 Å². The van der Waals surface area contributed by atoms with Gasteiger partial charge in [-0.25, -0.2) is 0 Å². The molecule has 0 radical (unpaired) electrons. The lowest BCUT2D eigenvalue weighted by Crippen LogP contribution is -2.40. The fourth-order valence-corrected chi connectivity index (χ4v) is 3.55. The summed E-state index contributed by atoms with van der Waals surface area (Å²) in [6.07, 6.45) is 0.719. The van der Waals surface area contributed by atoms with Crippen molar-refractivity contribution in [3.05, 3.63) is 69.3 Å². The molecule has 0 spiro atoms. The highest BCUT2D eigenvalue weighted by atomic mass is 16.6. The summed E-state index contributed by atoms with van der Waals surface area (Å²) in [6, 6.07) is 11.2. The second-order valence-corrected chi connectivity index (χ2v) is 7.73. The molecule has 32 heavy (non-hydrogen) atoms. The number of nitrogens with zero attached hydrogens (tertiary/aromatic N) is 3. The van der Waals surface area contributed by atoms with Crippen LogP contribution in [0.15, 0.2) is 42.5 Å². The second kappa shape index (κ2) is 12.0. The van der Waals surface area contributed by atoms with E-state index < -0.39 is 4.92 Å². The van der Waals surface area contributed by atoms with E-state index >= 15 is 0 Å². The molecule has 0 heterocycles. The van der Waals surface area contributed by atoms with Crippen LogP contribution in [0, 0.1) is 24.0 Å². The van der Waals surface area contributed by atoms with E-state index in [0.717, 1.165) is 42.9 Å². The van der Waals surface area contributed by atoms with Crippen molar-refractivity contribution in [2.24, 2.45) is 0 Å². The standard InChI is InChI=1S/C24H32N4O4/c1-5-26(6-2)15-8-16-27(24(30)20-11-13-21(14-12-20)28(31)32)17-22(29)25-23-18(3)9-7-10-19(23)4/h7,9-14H,5-6,8,15-17H2,1-4H3,(H,25,29). The largest absolute Gasteiger partial charge is 0.329 e. The number of anilines is 1. The first-order valence-corrected chi connectivity index (χ1v) is 10.9. The SMILES string of the molecule is CCN(CC)CCCN(CC(=O)Nc1c(C)cccc1C)C(=O)c1ccc([N+](=O)[O-])cc1. The van der Waals surface area contributed by atoms with Crippen LogP contribution in [-0.4, -0.2) is 59.3 Å². The molecule has 0 aliphatic carbocycles. The lowest BCUT2D eigenvalue weighted by Gasteiger charge is -2.25. The van der Waals surface area contributed by atoms with Gasteiger partial charge in [0, 0.05) is 29.9 Å². The zero-order valence-electron chi connectivity index (χ0n) is 19.3. The number of para-hydroxylation sites is 1. The predicted octanol–water partition coefficient (Wildman–Crippen LogP) is 4.02. The molecule has 0 unspecified atom stereocenters. The number of carbonyl (C=O) groups excluding carboxylic acids is 2. The molecule has 2 aromatic carbocycles. The first kappa shape index (κ1) is 25.0. The number of nitro groups is 1. The van der Waals surface area contributed by atoms with Gasteiger partial charge in [0.1, 0.15) is 6.54 Å². The van der Waals surface area contributed by atoms with Crippen LogP contribution in [0.3, 0.4) is 0 Å². The van der Waals surface area contributed by atoms with E-state index in [1.165, 1.54) is 29.2 Å². The summed E-state index contributed by atoms with van der Waals surface area (Å²) in [5, 5.41) is 13.8. The highest BCUT2D eigenvalue weighted by Gasteiger charge is 2.20. The molecule has 0 saturated carbocycles. The molecule has 0 aromatic heterocycles. The number of amides is 2. The summed E-state index contributed by atoms with van der Waals surface area (Å²) in [5.41, 5.74) is 2.89. The van der Waals surface area contributed by atoms with Crippen molar-refractivity contribution < 1.29 is 14.5 Å². The third kappa shape index (κ3) is 6.88. The third-order valence-corrected chi connectivity index (χ3v) is 5.49. The normalized spacial score (nSPS) is 10.8. The van der Waals surface area contributed by atoms with Crippen molar-refractivity contribution in [3.8, 4) is 0 Å². The maximum absolute atomic E-state index is 13.1. The van der Waals surface area contributed by atoms with Crippen LogP contribution < -0.4 is 5.32 Å². The van der Waals surface area contributed by atoms with E-state index in [1.807, 2.05) is 32.0 Å². The summed E-state index contributed by atoms with van der Waals surface area (Å²) < 4.78 is 0. The summed E-state index contributed by atoms with van der Waals surface area (Å²) in [7, 11) is 0. The quantitative estimate of drug-likeness (QED) is 0.420. The van der Waals surface area contributed by atoms with Crippen LogP contribution in [0.4, 0.5) is 11.4 Å². The van der Waals surface area contributed by atoms with Crippen molar-refractivity contribution in [3.63, 3.8) is 0 Å². The Kier molecular flexibility index (Phi) is 9.34. The number of rotatable bonds is 11. The van der Waals surface area contributed by atoms with Gasteiger partial charge < -0.3 is 15.1 Å². The molecule has 0 aliphatic rings. The third-order valence-electron chi connectivity index (χ3n) is 5.49. The van der Waals surface area contributed by atoms with Crippen molar-refractivity contribution in [1.82, 2.24) is 9.80 Å². The maximum Gasteiger partial charge on any atom is 0.269 e. The summed E-state index contributed by atoms with van der Waals surface area (Å²) >= 11 is 0. The van der Waals surface area contributed by atoms with E-state index in [-0.39, 0.29) is 24.0 Å². The molecule has 0 saturated heterocycles. The summed E-state index contributed by atoms with van der Waals surface area (Å²) in [5.74, 6) is -0.600. The van der Waals surface area contributed by atoms with Crippen LogP contribution >= 0.6 is 0 Å². The van der Waals surface area contributed by atoms with Gasteiger partial charge in [0.15, 0.2) is 0 Å². The molecule has 2 rings (SSSR count). The fourth-order valence-electron chi connectivity index (χ4n) is 3.55. The number of hydrogen-bond donors (Lipinski definition) is 1. The molecule has 8 nitrogen and oxygen atoms in total. The first-order valence-electron chi connectivity index (χ1n) is 10.9. The number of nitrogens with one attached hydrogen (secondary N) is 1. The molecule has 8 heteroatoms. The molecular formula is C24H32N4O4. The minimum atomic E-state index is -0.506. The molecule has 0 aliphatic heterocycles. The Morgan fingerprint density at radius 3 is 2.09 bits per heavy atom. The summed E-state index contributed by atoms with van der Waals surface area (Å²) in [4.78, 5) is 40.1. The van der Waals surface area contributed by atoms with Crippen molar-refractivity contribution >= 4 is 23.2 Å². The molecule has 2 amide bonds. The molecule has 2 aromatic rings. The number of non-ortho nitro benzene ring substituents is 1. The highest BCUT2D eigenvalue weighted by molar-refractivity contribution is 6.00. The highest BCUT2D eigenvalue weighted by Crippen LogP contribution is 2.20. The Hall–Kier alpha value is -3.26. The molecule has 0 atom stereocenters. The molecular weight excluding hydrogens is 408 g/mol. The predicted molar refractivity (Wildman–Crippen MR) is 126 cm³/mol. The van der Waals surface area contributed by atoms with Gasteiger partial charge in [0.05, 0.1) is 4.92 Å². The van der Waals surface area contributed by atoms with E-state index in [4.69, 9.17) is 0 Å². The zero-order chi connectivity index (χ0) is 23.7. The van der Waals surface area contributed by atoms with Gasteiger partial charge in [-0.05, 0) is 63.2 Å². The van der Waals surface area contributed by atoms with Gasteiger partial charge in [0.25, 0.3) is 11.6 Å². The number of hydrogen-bond acceptors (Lipinski definition) is 5. The number of carbonyl (C=O) groups is 2. The fraction of sp³-hybridized carbons (Fsp3) is 0.417. The van der Waals surface area contributed by atoms with Gasteiger partial charge in [-0.2, -0.15) is 0 Å². The van der Waals surface area contributed by atoms with Crippen LogP contribution in [0.5, 0.6) is 0 Å². The van der Waals surface area contributed by atoms with Crippen molar-refractivity contribution in [1.29, 1.82) is 0 Å². The maximum atomic E-state index is 13.1. The Labute approximate surface area is 189 Å². The average Bonchev–Trinajstić information content (AvgIpc) is 2.78.